The molecule has 14 N–H and O–H groups in total. The number of carboxylic acid groups (broad SMARTS) is 2. The van der Waals surface area contributed by atoms with Crippen molar-refractivity contribution in [1.82, 2.24) is 20.9 Å². The van der Waals surface area contributed by atoms with E-state index in [4.69, 9.17) is 26.4 Å². The predicted molar refractivity (Wildman–Crippen MR) is 223 cm³/mol. The maximum atomic E-state index is 13.2. The van der Waals surface area contributed by atoms with Gasteiger partial charge in [-0.15, -0.1) is 0 Å². The number of ether oxygens (including phenoxy) is 1. The van der Waals surface area contributed by atoms with E-state index in [0.29, 0.717) is 0 Å². The quantitative estimate of drug-likeness (QED) is 0.0655. The summed E-state index contributed by atoms with van der Waals surface area (Å²) in [6.45, 7) is 9.53. The third-order valence-corrected chi connectivity index (χ3v) is 9.47. The normalized spacial score (nSPS) is 22.5. The molecule has 0 aromatic heterocycles. The maximum absolute atomic E-state index is 13.2. The van der Waals surface area contributed by atoms with Gasteiger partial charge < -0.3 is 43.4 Å². The Kier molecular flexibility index (Phi) is 29.2. The van der Waals surface area contributed by atoms with E-state index < -0.39 is 193 Å². The number of alkyl halides is 12. The van der Waals surface area contributed by atoms with Gasteiger partial charge in [-0.25, -0.2) is 19.3 Å². The first-order chi connectivity index (χ1) is 33.3. The molecule has 0 aromatic rings. The van der Waals surface area contributed by atoms with Crippen LogP contribution in [0.25, 0.3) is 0 Å². The molecule has 436 valence electrons. The number of nitrogens with zero attached hydrogens (tertiary/aromatic N) is 1. The van der Waals surface area contributed by atoms with Crippen molar-refractivity contribution in [2.75, 3.05) is 0 Å². The number of nitrogens with two attached hydrogens (primary N) is 4. The van der Waals surface area contributed by atoms with Crippen molar-refractivity contribution in [3.05, 3.63) is 0 Å². The van der Waals surface area contributed by atoms with E-state index in [2.05, 4.69) is 11.5 Å². The molecule has 4 fully saturated rings. The third-order valence-electron chi connectivity index (χ3n) is 9.47. The molecule has 0 spiro atoms. The van der Waals surface area contributed by atoms with Crippen LogP contribution in [0.4, 0.5) is 57.5 Å². The van der Waals surface area contributed by atoms with Crippen LogP contribution in [0.5, 0.6) is 0 Å². The first kappa shape index (κ1) is 76.9. The summed E-state index contributed by atoms with van der Waals surface area (Å²) in [4.78, 5) is 137. The van der Waals surface area contributed by atoms with Crippen LogP contribution in [0.1, 0.15) is 87.0 Å². The number of likely N-dealkylation sites (tertiary alicyclic amines) is 1. The van der Waals surface area contributed by atoms with E-state index in [1.54, 1.807) is 10.6 Å². The zero-order valence-corrected chi connectivity index (χ0v) is 41.6. The zero-order valence-electron chi connectivity index (χ0n) is 41.6. The van der Waals surface area contributed by atoms with Crippen LogP contribution in [0, 0.1) is 23.7 Å². The zero-order chi connectivity index (χ0) is 60.1. The van der Waals surface area contributed by atoms with Crippen molar-refractivity contribution in [3.63, 3.8) is 0 Å². The summed E-state index contributed by atoms with van der Waals surface area (Å²) in [5.41, 5.74) is 18.3. The number of amides is 11. The van der Waals surface area contributed by atoms with Crippen molar-refractivity contribution < 1.29 is 154 Å². The number of hydrogen-bond donors (Lipinski definition) is 9. The van der Waals surface area contributed by atoms with Crippen molar-refractivity contribution in [2.24, 2.45) is 46.6 Å². The smallest absolute Gasteiger partial charge is 0.870 e. The molecule has 0 bridgehead atoms. The largest absolute Gasteiger partial charge is 1.00 e. The number of carbonyl (C=O) groups excluding carboxylic acids is 11. The minimum Gasteiger partial charge on any atom is -0.870 e. The first-order valence-corrected chi connectivity index (χ1v) is 20.8. The van der Waals surface area contributed by atoms with Gasteiger partial charge >= 0.3 is 78.3 Å². The molecule has 38 heteroatoms. The molecule has 4 heterocycles. The summed E-state index contributed by atoms with van der Waals surface area (Å²) in [7, 11) is 0. The van der Waals surface area contributed by atoms with Crippen LogP contribution in [0.2, 0.25) is 0 Å². The van der Waals surface area contributed by atoms with E-state index in [1.807, 2.05) is 0 Å². The number of halogens is 12. The predicted octanol–water partition coefficient (Wildman–Crippen LogP) is -2.49. The van der Waals surface area contributed by atoms with Gasteiger partial charge in [0.05, 0.1) is 12.5 Å². The minimum atomic E-state index is -3.88. The van der Waals surface area contributed by atoms with E-state index >= 15 is 0 Å². The van der Waals surface area contributed by atoms with Crippen molar-refractivity contribution >= 4 is 77.1 Å². The fourth-order valence-electron chi connectivity index (χ4n) is 5.18. The minimum absolute atomic E-state index is 0. The van der Waals surface area contributed by atoms with Gasteiger partial charge in [-0.2, -0.15) is 52.7 Å². The Balaban J connectivity index is -0.000000417. The summed E-state index contributed by atoms with van der Waals surface area (Å²) in [5, 5.41) is 20.6. The molecule has 0 radical (unpaired) electrons. The van der Waals surface area contributed by atoms with E-state index in [9.17, 15) is 115 Å². The number of primary amides is 3. The molecule has 4 aliphatic rings. The van der Waals surface area contributed by atoms with Gasteiger partial charge in [0, 0.05) is 55.8 Å². The number of carboxylic acids is 2. The summed E-state index contributed by atoms with van der Waals surface area (Å²) >= 11 is 0. The summed E-state index contributed by atoms with van der Waals surface area (Å²) in [5.74, 6) is -41.6. The molecular weight excluding hydrogens is 1090 g/mol. The number of rotatable bonds is 9. The Hall–Kier alpha value is -6.61. The molecule has 6 atom stereocenters. The molecule has 4 rings (SSSR count). The second kappa shape index (κ2) is 29.2. The molecule has 11 amide bonds. The Morgan fingerprint density at radius 3 is 1.16 bits per heavy atom. The van der Waals surface area contributed by atoms with Crippen molar-refractivity contribution in [3.8, 4) is 0 Å². The van der Waals surface area contributed by atoms with Crippen LogP contribution in [0.15, 0.2) is 0 Å². The molecule has 6 unspecified atom stereocenters. The van der Waals surface area contributed by atoms with Crippen LogP contribution in [0.3, 0.4) is 0 Å². The standard InChI is InChI=1S/C10H14F2N2O4.2C6H9F2NO3.2C6H7F2NO2.C5H6F2N2O2.Li.H2O/c1-9(2,3)18-8(17)14-5(6(13)15)4-10(11,12)7(14)16;2*1-3(4(9)10)2-6(7,8)5(11)12;2*1-3-2-6(7,8)5(11)9-4(3)10;6-5(7)1-2(8)3(10)9-4(5)11;;/h5H,4H2,1-3H3,(H2,13,15);2*3H,2H2,1H3,(H2,9,10)(H,11,12);2*3H,2H2,1H3,(H,9,10,11);2H,1,8H2,(H,9,10,11);;1H2/q;;;;;;+1;/p-1. The van der Waals surface area contributed by atoms with Gasteiger partial charge in [0.1, 0.15) is 11.6 Å². The van der Waals surface area contributed by atoms with E-state index in [0.717, 1.165) is 13.8 Å². The number of aliphatic carboxylic acids is 2. The third kappa shape index (κ3) is 24.9. The Morgan fingerprint density at radius 2 is 0.909 bits per heavy atom. The monoisotopic (exact) mass is 1140 g/mol. The van der Waals surface area contributed by atoms with Crippen molar-refractivity contribution in [1.29, 1.82) is 0 Å². The van der Waals surface area contributed by atoms with Crippen molar-refractivity contribution in [2.45, 2.75) is 140 Å². The molecule has 25 nitrogen and oxygen atoms in total. The Morgan fingerprint density at radius 1 is 0.610 bits per heavy atom. The van der Waals surface area contributed by atoms with Gasteiger partial charge in [0.15, 0.2) is 0 Å². The molecule has 0 aliphatic carbocycles. The fourth-order valence-corrected chi connectivity index (χ4v) is 5.18. The average molecular weight is 1140 g/mol. The molecule has 77 heavy (non-hydrogen) atoms. The number of nitrogens with one attached hydrogen (secondary N) is 3. The van der Waals surface area contributed by atoms with Gasteiger partial charge in [-0.1, -0.05) is 27.7 Å². The topological polar surface area (TPSA) is 445 Å². The number of piperidine rings is 3. The van der Waals surface area contributed by atoms with Gasteiger partial charge in [-0.3, -0.25) is 63.9 Å². The average Bonchev–Trinajstić information content (AvgIpc) is 3.46. The van der Waals surface area contributed by atoms with Crippen LogP contribution in [-0.2, 0) is 62.3 Å². The van der Waals surface area contributed by atoms with E-state index in [-0.39, 0.29) is 29.2 Å². The van der Waals surface area contributed by atoms with Crippen LogP contribution < -0.4 is 57.7 Å². The van der Waals surface area contributed by atoms with Gasteiger partial charge in [0.25, 0.3) is 17.7 Å². The molecule has 4 aliphatic heterocycles. The SMILES string of the molecule is CC(C)(C)OC(=O)N1C(=O)C(F)(F)CC1C(N)=O.CC(CC(F)(F)C(=O)O)C(N)=O.CC(CC(F)(F)C(=O)O)C(N)=O.CC1CC(F)(F)C(=O)NC1=O.CC1CC(F)(F)C(=O)NC1=O.NC1CC(F)(F)C(=O)NC1=O.[Li+].[OH-]. The number of imide groups is 4. The molecule has 0 aromatic carbocycles. The summed E-state index contributed by atoms with van der Waals surface area (Å²) in [6.07, 6.45) is -6.79. The molecular formula is C39H53F12LiN8O17. The number of carbonyl (C=O) groups is 13. The molecule has 4 saturated heterocycles. The maximum Gasteiger partial charge on any atom is 1.00 e. The molecule has 0 saturated carbocycles. The van der Waals surface area contributed by atoms with Gasteiger partial charge in [-0.05, 0) is 20.8 Å². The van der Waals surface area contributed by atoms with Crippen LogP contribution in [-0.4, -0.2) is 151 Å². The Labute approximate surface area is 438 Å². The summed E-state index contributed by atoms with van der Waals surface area (Å²) in [6, 6.07) is -2.97. The first-order valence-electron chi connectivity index (χ1n) is 20.8. The second-order valence-electron chi connectivity index (χ2n) is 17.6. The Bertz CT molecular complexity index is 2090. The fraction of sp³-hybridized carbons (Fsp3) is 0.667. The van der Waals surface area contributed by atoms with E-state index in [1.165, 1.54) is 39.9 Å². The summed E-state index contributed by atoms with van der Waals surface area (Å²) < 4.78 is 155. The second-order valence-corrected chi connectivity index (χ2v) is 17.6. The van der Waals surface area contributed by atoms with Crippen LogP contribution >= 0.6 is 0 Å². The number of hydrogen-bond acceptors (Lipinski definition) is 16. The van der Waals surface area contributed by atoms with Gasteiger partial charge in [0.2, 0.25) is 35.4 Å².